The number of anilines is 1. The van der Waals surface area contributed by atoms with Gasteiger partial charge in [-0.25, -0.2) is 8.42 Å². The highest BCUT2D eigenvalue weighted by Gasteiger charge is 2.24. The predicted molar refractivity (Wildman–Crippen MR) is 84.8 cm³/mol. The van der Waals surface area contributed by atoms with Gasteiger partial charge in [0.15, 0.2) is 0 Å². The molecule has 0 radical (unpaired) electrons. The summed E-state index contributed by atoms with van der Waals surface area (Å²) in [6.45, 7) is 2.21. The number of hydrogen-bond donors (Lipinski definition) is 0. The van der Waals surface area contributed by atoms with Gasteiger partial charge in [-0.3, -0.25) is 9.10 Å². The second-order valence-electron chi connectivity index (χ2n) is 4.34. The SMILES string of the molecule is CCN(c1cccc(Cl)c1)S(=O)(=O)c1cccc(OC=O)c1. The predicted octanol–water partition coefficient (Wildman–Crippen LogP) is 3.09. The smallest absolute Gasteiger partial charge is 0.298 e. The van der Waals surface area contributed by atoms with Crippen LogP contribution in [0.25, 0.3) is 0 Å². The second kappa shape index (κ2) is 6.81. The average molecular weight is 340 g/mol. The van der Waals surface area contributed by atoms with Crippen LogP contribution in [0.1, 0.15) is 6.92 Å². The summed E-state index contributed by atoms with van der Waals surface area (Å²) in [4.78, 5) is 10.4. The van der Waals surface area contributed by atoms with Gasteiger partial charge in [0.1, 0.15) is 5.75 Å². The van der Waals surface area contributed by atoms with Crippen LogP contribution in [0, 0.1) is 0 Å². The van der Waals surface area contributed by atoms with E-state index < -0.39 is 10.0 Å². The minimum absolute atomic E-state index is 0.0358. The zero-order valence-electron chi connectivity index (χ0n) is 11.8. The maximum atomic E-state index is 12.8. The van der Waals surface area contributed by atoms with E-state index in [1.54, 1.807) is 31.2 Å². The van der Waals surface area contributed by atoms with Crippen molar-refractivity contribution in [3.63, 3.8) is 0 Å². The number of hydrogen-bond acceptors (Lipinski definition) is 4. The molecule has 0 saturated heterocycles. The Morgan fingerprint density at radius 1 is 1.18 bits per heavy atom. The van der Waals surface area contributed by atoms with Gasteiger partial charge in [-0.1, -0.05) is 23.7 Å². The summed E-state index contributed by atoms with van der Waals surface area (Å²) in [6.07, 6.45) is 0. The van der Waals surface area contributed by atoms with Crippen molar-refractivity contribution >= 4 is 33.8 Å². The molecule has 2 aromatic rings. The number of carbonyl (C=O) groups is 1. The first-order valence-corrected chi connectivity index (χ1v) is 8.29. The van der Waals surface area contributed by atoms with Crippen LogP contribution in [0.15, 0.2) is 53.4 Å². The third kappa shape index (κ3) is 3.40. The normalized spacial score (nSPS) is 11.0. The zero-order chi connectivity index (χ0) is 16.2. The first-order chi connectivity index (χ1) is 10.5. The second-order valence-corrected chi connectivity index (χ2v) is 6.64. The van der Waals surface area contributed by atoms with Gasteiger partial charge in [0, 0.05) is 17.6 Å². The Labute approximate surface area is 134 Å². The molecule has 0 bridgehead atoms. The van der Waals surface area contributed by atoms with Crippen LogP contribution in [-0.2, 0) is 14.8 Å². The Bertz CT molecular complexity index is 777. The number of ether oxygens (including phenoxy) is 1. The molecule has 0 atom stereocenters. The molecule has 7 heteroatoms. The monoisotopic (exact) mass is 339 g/mol. The first-order valence-electron chi connectivity index (χ1n) is 6.47. The van der Waals surface area contributed by atoms with Gasteiger partial charge in [-0.05, 0) is 37.3 Å². The summed E-state index contributed by atoms with van der Waals surface area (Å²) >= 11 is 5.93. The van der Waals surface area contributed by atoms with Gasteiger partial charge in [-0.15, -0.1) is 0 Å². The van der Waals surface area contributed by atoms with Gasteiger partial charge in [0.05, 0.1) is 10.6 Å². The van der Waals surface area contributed by atoms with E-state index in [4.69, 9.17) is 16.3 Å². The summed E-state index contributed by atoms with van der Waals surface area (Å²) < 4.78 is 31.5. The molecule has 0 heterocycles. The van der Waals surface area contributed by atoms with E-state index in [1.165, 1.54) is 28.6 Å². The lowest BCUT2D eigenvalue weighted by atomic mass is 10.3. The molecular formula is C15H14ClNO4S. The molecule has 0 unspecified atom stereocenters. The van der Waals surface area contributed by atoms with E-state index in [2.05, 4.69) is 0 Å². The summed E-state index contributed by atoms with van der Waals surface area (Å²) in [5.74, 6) is 0.165. The van der Waals surface area contributed by atoms with Crippen LogP contribution < -0.4 is 9.04 Å². The van der Waals surface area contributed by atoms with Crippen molar-refractivity contribution in [1.29, 1.82) is 0 Å². The molecule has 0 aromatic heterocycles. The quantitative estimate of drug-likeness (QED) is 0.759. The highest BCUT2D eigenvalue weighted by atomic mass is 35.5. The average Bonchev–Trinajstić information content (AvgIpc) is 2.48. The molecule has 0 spiro atoms. The molecule has 0 N–H and O–H groups in total. The van der Waals surface area contributed by atoms with Crippen molar-refractivity contribution in [2.24, 2.45) is 0 Å². The number of sulfonamides is 1. The summed E-state index contributed by atoms with van der Waals surface area (Å²) in [5, 5.41) is 0.448. The van der Waals surface area contributed by atoms with Crippen molar-refractivity contribution < 1.29 is 17.9 Å². The molecule has 0 aliphatic rings. The van der Waals surface area contributed by atoms with E-state index in [1.807, 2.05) is 0 Å². The van der Waals surface area contributed by atoms with Crippen molar-refractivity contribution in [3.05, 3.63) is 53.6 Å². The molecule has 0 amide bonds. The van der Waals surface area contributed by atoms with Crippen molar-refractivity contribution in [2.75, 3.05) is 10.8 Å². The molecule has 0 aliphatic heterocycles. The van der Waals surface area contributed by atoms with Crippen LogP contribution >= 0.6 is 11.6 Å². The Hall–Kier alpha value is -2.05. The van der Waals surface area contributed by atoms with Gasteiger partial charge in [0.25, 0.3) is 16.5 Å². The Kier molecular flexibility index (Phi) is 5.05. The van der Waals surface area contributed by atoms with Crippen LogP contribution in [-0.4, -0.2) is 21.4 Å². The van der Waals surface area contributed by atoms with Crippen molar-refractivity contribution in [1.82, 2.24) is 0 Å². The Morgan fingerprint density at radius 3 is 2.55 bits per heavy atom. The minimum Gasteiger partial charge on any atom is -0.429 e. The number of benzene rings is 2. The summed E-state index contributed by atoms with van der Waals surface area (Å²) in [7, 11) is -3.78. The van der Waals surface area contributed by atoms with Crippen LogP contribution in [0.2, 0.25) is 5.02 Å². The highest BCUT2D eigenvalue weighted by Crippen LogP contribution is 2.27. The van der Waals surface area contributed by atoms with E-state index in [-0.39, 0.29) is 23.7 Å². The zero-order valence-corrected chi connectivity index (χ0v) is 13.3. The lowest BCUT2D eigenvalue weighted by molar-refractivity contribution is -0.120. The lowest BCUT2D eigenvalue weighted by Gasteiger charge is -2.23. The largest absolute Gasteiger partial charge is 0.429 e. The molecule has 2 aromatic carbocycles. The fourth-order valence-electron chi connectivity index (χ4n) is 2.01. The summed E-state index contributed by atoms with van der Waals surface area (Å²) in [5.41, 5.74) is 0.469. The molecule has 0 fully saturated rings. The highest BCUT2D eigenvalue weighted by molar-refractivity contribution is 7.92. The fraction of sp³-hybridized carbons (Fsp3) is 0.133. The molecule has 116 valence electrons. The van der Waals surface area contributed by atoms with Gasteiger partial charge in [-0.2, -0.15) is 0 Å². The standard InChI is InChI=1S/C15H14ClNO4S/c1-2-17(13-6-3-5-12(16)9-13)22(19,20)15-8-4-7-14(10-15)21-11-18/h3-11H,2H2,1H3. The van der Waals surface area contributed by atoms with Gasteiger partial charge >= 0.3 is 0 Å². The minimum atomic E-state index is -3.78. The molecular weight excluding hydrogens is 326 g/mol. The van der Waals surface area contributed by atoms with E-state index >= 15 is 0 Å². The van der Waals surface area contributed by atoms with Gasteiger partial charge < -0.3 is 4.74 Å². The van der Waals surface area contributed by atoms with Crippen LogP contribution in [0.4, 0.5) is 5.69 Å². The topological polar surface area (TPSA) is 63.7 Å². The molecule has 0 aliphatic carbocycles. The first kappa shape index (κ1) is 16.3. The van der Waals surface area contributed by atoms with Gasteiger partial charge in [0.2, 0.25) is 0 Å². The molecule has 22 heavy (non-hydrogen) atoms. The van der Waals surface area contributed by atoms with E-state index in [0.29, 0.717) is 10.7 Å². The third-order valence-corrected chi connectivity index (χ3v) is 5.10. The third-order valence-electron chi connectivity index (χ3n) is 2.96. The Morgan fingerprint density at radius 2 is 1.91 bits per heavy atom. The maximum Gasteiger partial charge on any atom is 0.298 e. The maximum absolute atomic E-state index is 12.8. The molecule has 2 rings (SSSR count). The molecule has 5 nitrogen and oxygen atoms in total. The van der Waals surface area contributed by atoms with Crippen molar-refractivity contribution in [2.45, 2.75) is 11.8 Å². The van der Waals surface area contributed by atoms with E-state index in [9.17, 15) is 13.2 Å². The van der Waals surface area contributed by atoms with Crippen LogP contribution in [0.5, 0.6) is 5.75 Å². The number of rotatable bonds is 6. The lowest BCUT2D eigenvalue weighted by Crippen LogP contribution is -2.30. The fourth-order valence-corrected chi connectivity index (χ4v) is 3.70. The Balaban J connectivity index is 2.47. The number of carbonyl (C=O) groups excluding carboxylic acids is 1. The number of nitrogens with zero attached hydrogens (tertiary/aromatic N) is 1. The van der Waals surface area contributed by atoms with Crippen molar-refractivity contribution in [3.8, 4) is 5.75 Å². The van der Waals surface area contributed by atoms with Crippen LogP contribution in [0.3, 0.4) is 0 Å². The van der Waals surface area contributed by atoms with E-state index in [0.717, 1.165) is 0 Å². The summed E-state index contributed by atoms with van der Waals surface area (Å²) in [6, 6.07) is 12.4. The molecule has 0 saturated carbocycles. The number of halogens is 1.